The molecule has 2 heterocycles. The van der Waals surface area contributed by atoms with E-state index >= 15 is 0 Å². The van der Waals surface area contributed by atoms with Crippen molar-refractivity contribution in [3.63, 3.8) is 0 Å². The lowest BCUT2D eigenvalue weighted by molar-refractivity contribution is 0.306. The number of hydrogen-bond acceptors (Lipinski definition) is 5. The lowest BCUT2D eigenvalue weighted by Crippen LogP contribution is -2.39. The number of anilines is 1. The number of fused-ring (bicyclic) bond motifs is 3. The summed E-state index contributed by atoms with van der Waals surface area (Å²) in [7, 11) is 1.66. The molecule has 5 nitrogen and oxygen atoms in total. The van der Waals surface area contributed by atoms with Crippen LogP contribution in [-0.4, -0.2) is 30.2 Å². The van der Waals surface area contributed by atoms with E-state index in [1.807, 2.05) is 12.1 Å². The summed E-state index contributed by atoms with van der Waals surface area (Å²) < 4.78 is 5.53. The number of aromatic nitrogens is 2. The molecule has 3 aliphatic rings. The molecule has 1 spiro atoms. The van der Waals surface area contributed by atoms with Crippen LogP contribution in [0.15, 0.2) is 18.2 Å². The molecule has 1 unspecified atom stereocenters. The van der Waals surface area contributed by atoms with Crippen molar-refractivity contribution in [1.82, 2.24) is 9.97 Å². The normalized spacial score (nSPS) is 23.3. The van der Waals surface area contributed by atoms with Gasteiger partial charge in [-0.15, -0.1) is 0 Å². The minimum Gasteiger partial charge on any atom is -0.467 e. The summed E-state index contributed by atoms with van der Waals surface area (Å²) in [4.78, 5) is 12.1. The van der Waals surface area contributed by atoms with Crippen molar-refractivity contribution in [2.24, 2.45) is 0 Å². The summed E-state index contributed by atoms with van der Waals surface area (Å²) in [5.41, 5.74) is 5.96. The quantitative estimate of drug-likeness (QED) is 0.740. The highest BCUT2D eigenvalue weighted by atomic mass is 16.5. The molecule has 1 fully saturated rings. The van der Waals surface area contributed by atoms with E-state index < -0.39 is 0 Å². The Hall–Kier alpha value is -2.61. The van der Waals surface area contributed by atoms with Gasteiger partial charge in [-0.3, -0.25) is 0 Å². The monoisotopic (exact) mass is 402 g/mol. The Bertz CT molecular complexity index is 987. The van der Waals surface area contributed by atoms with E-state index in [0.29, 0.717) is 6.01 Å². The molecule has 0 N–H and O–H groups in total. The van der Waals surface area contributed by atoms with Crippen molar-refractivity contribution in [2.75, 3.05) is 25.1 Å². The van der Waals surface area contributed by atoms with E-state index in [-0.39, 0.29) is 5.41 Å². The topological polar surface area (TPSA) is 62.0 Å². The minimum absolute atomic E-state index is 0.0162. The van der Waals surface area contributed by atoms with Gasteiger partial charge in [0.05, 0.1) is 24.4 Å². The highest BCUT2D eigenvalue weighted by molar-refractivity contribution is 5.55. The van der Waals surface area contributed by atoms with Gasteiger partial charge in [0.15, 0.2) is 0 Å². The summed E-state index contributed by atoms with van der Waals surface area (Å²) in [6.45, 7) is 2.14. The van der Waals surface area contributed by atoms with Crippen LogP contribution in [-0.2, 0) is 24.7 Å². The van der Waals surface area contributed by atoms with Crippen molar-refractivity contribution in [1.29, 1.82) is 5.26 Å². The van der Waals surface area contributed by atoms with E-state index in [1.54, 1.807) is 7.11 Å². The number of methoxy groups -OCH3 is 1. The minimum atomic E-state index is 0.0162. The molecular weight excluding hydrogens is 372 g/mol. The van der Waals surface area contributed by atoms with Gasteiger partial charge in [-0.2, -0.15) is 15.2 Å². The molecule has 1 atom stereocenters. The van der Waals surface area contributed by atoms with Crippen LogP contribution in [0.3, 0.4) is 0 Å². The predicted octanol–water partition coefficient (Wildman–Crippen LogP) is 4.50. The van der Waals surface area contributed by atoms with Crippen molar-refractivity contribution in [3.05, 3.63) is 46.1 Å². The predicted molar refractivity (Wildman–Crippen MR) is 117 cm³/mol. The fraction of sp³-hybridized carbons (Fsp3) is 0.560. The fourth-order valence-corrected chi connectivity index (χ4v) is 6.00. The summed E-state index contributed by atoms with van der Waals surface area (Å²) >= 11 is 0. The molecule has 1 aromatic heterocycles. The average molecular weight is 403 g/mol. The third kappa shape index (κ3) is 3.23. The first kappa shape index (κ1) is 19.4. The van der Waals surface area contributed by atoms with E-state index in [0.717, 1.165) is 62.3 Å². The summed E-state index contributed by atoms with van der Waals surface area (Å²) in [6, 6.07) is 9.21. The maximum atomic E-state index is 9.82. The van der Waals surface area contributed by atoms with Gasteiger partial charge in [-0.05, 0) is 62.1 Å². The molecule has 2 aliphatic carbocycles. The standard InChI is InChI=1S/C25H30N4O/c1-30-24-27-21-16-25(12-7-10-18-8-6-9-19(17-26)22(18)25)13-11-20(21)23(28-24)29-14-4-2-3-5-15-29/h6,8-9H,2-5,7,10-16H2,1H3. The van der Waals surface area contributed by atoms with Gasteiger partial charge < -0.3 is 9.64 Å². The van der Waals surface area contributed by atoms with Gasteiger partial charge in [0.25, 0.3) is 0 Å². The van der Waals surface area contributed by atoms with E-state index in [1.165, 1.54) is 48.8 Å². The lowest BCUT2D eigenvalue weighted by Gasteiger charge is -2.43. The molecular formula is C25H30N4O. The largest absolute Gasteiger partial charge is 0.467 e. The first-order chi connectivity index (χ1) is 14.7. The summed E-state index contributed by atoms with van der Waals surface area (Å²) in [5.74, 6) is 1.10. The van der Waals surface area contributed by atoms with Crippen LogP contribution < -0.4 is 9.64 Å². The van der Waals surface area contributed by atoms with Crippen molar-refractivity contribution in [2.45, 2.75) is 69.6 Å². The molecule has 156 valence electrons. The van der Waals surface area contributed by atoms with Crippen LogP contribution in [0.4, 0.5) is 5.82 Å². The zero-order valence-corrected chi connectivity index (χ0v) is 17.9. The van der Waals surface area contributed by atoms with E-state index in [2.05, 4.69) is 17.0 Å². The second kappa shape index (κ2) is 7.91. The molecule has 0 bridgehead atoms. The van der Waals surface area contributed by atoms with Crippen molar-refractivity contribution >= 4 is 5.82 Å². The highest BCUT2D eigenvalue weighted by Crippen LogP contribution is 2.48. The Morgan fingerprint density at radius 3 is 2.63 bits per heavy atom. The number of rotatable bonds is 2. The molecule has 1 aromatic carbocycles. The van der Waals surface area contributed by atoms with Crippen LogP contribution in [0, 0.1) is 11.3 Å². The van der Waals surface area contributed by atoms with Gasteiger partial charge in [0, 0.05) is 30.5 Å². The molecule has 0 amide bonds. The third-order valence-corrected chi connectivity index (χ3v) is 7.40. The number of hydrogen-bond donors (Lipinski definition) is 0. The van der Waals surface area contributed by atoms with Crippen LogP contribution >= 0.6 is 0 Å². The van der Waals surface area contributed by atoms with E-state index in [9.17, 15) is 5.26 Å². The zero-order valence-electron chi connectivity index (χ0n) is 17.9. The second-order valence-corrected chi connectivity index (χ2v) is 9.12. The van der Waals surface area contributed by atoms with Crippen LogP contribution in [0.25, 0.3) is 0 Å². The number of ether oxygens (including phenoxy) is 1. The number of nitriles is 1. The van der Waals surface area contributed by atoms with Gasteiger partial charge in [0.1, 0.15) is 5.82 Å². The highest BCUT2D eigenvalue weighted by Gasteiger charge is 2.42. The van der Waals surface area contributed by atoms with Crippen LogP contribution in [0.1, 0.15) is 72.9 Å². The molecule has 30 heavy (non-hydrogen) atoms. The van der Waals surface area contributed by atoms with Gasteiger partial charge >= 0.3 is 6.01 Å². The van der Waals surface area contributed by atoms with E-state index in [4.69, 9.17) is 14.7 Å². The number of aryl methyl sites for hydroxylation is 1. The molecule has 5 heteroatoms. The fourth-order valence-electron chi connectivity index (χ4n) is 6.00. The number of nitrogens with zero attached hydrogens (tertiary/aromatic N) is 4. The maximum absolute atomic E-state index is 9.82. The van der Waals surface area contributed by atoms with Crippen LogP contribution in [0.2, 0.25) is 0 Å². The third-order valence-electron chi connectivity index (χ3n) is 7.40. The van der Waals surface area contributed by atoms with Gasteiger partial charge in [-0.25, -0.2) is 0 Å². The second-order valence-electron chi connectivity index (χ2n) is 9.12. The average Bonchev–Trinajstić information content (AvgIpc) is 3.07. The molecule has 1 aliphatic heterocycles. The summed E-state index contributed by atoms with van der Waals surface area (Å²) in [6.07, 6.45) is 11.4. The first-order valence-corrected chi connectivity index (χ1v) is 11.5. The molecule has 2 aromatic rings. The smallest absolute Gasteiger partial charge is 0.318 e. The zero-order chi connectivity index (χ0) is 20.6. The SMILES string of the molecule is COc1nc2c(c(N3CCCCCC3)n1)CCC1(CCCc3cccc(C#N)c31)C2. The first-order valence-electron chi connectivity index (χ1n) is 11.5. The molecule has 0 radical (unpaired) electrons. The molecule has 5 rings (SSSR count). The van der Waals surface area contributed by atoms with Crippen molar-refractivity contribution in [3.8, 4) is 12.1 Å². The molecule has 0 saturated carbocycles. The Balaban J connectivity index is 1.59. The molecule has 1 saturated heterocycles. The lowest BCUT2D eigenvalue weighted by atomic mass is 9.61. The maximum Gasteiger partial charge on any atom is 0.318 e. The van der Waals surface area contributed by atoms with Crippen LogP contribution in [0.5, 0.6) is 6.01 Å². The van der Waals surface area contributed by atoms with Gasteiger partial charge in [0.2, 0.25) is 0 Å². The Labute approximate surface area is 179 Å². The van der Waals surface area contributed by atoms with Crippen molar-refractivity contribution < 1.29 is 4.74 Å². The van der Waals surface area contributed by atoms with Gasteiger partial charge in [-0.1, -0.05) is 25.0 Å². The number of benzene rings is 1. The Morgan fingerprint density at radius 1 is 1.03 bits per heavy atom. The Morgan fingerprint density at radius 2 is 1.87 bits per heavy atom. The Kier molecular flexibility index (Phi) is 5.10. The summed E-state index contributed by atoms with van der Waals surface area (Å²) in [5, 5.41) is 9.82.